The van der Waals surface area contributed by atoms with E-state index >= 15 is 0 Å². The van der Waals surface area contributed by atoms with E-state index in [1.807, 2.05) is 11.8 Å². The van der Waals surface area contributed by atoms with Crippen molar-refractivity contribution in [1.29, 1.82) is 0 Å². The normalized spacial score (nSPS) is 16.0. The fourth-order valence-electron chi connectivity index (χ4n) is 0.798. The third kappa shape index (κ3) is 6.91. The van der Waals surface area contributed by atoms with Crippen molar-refractivity contribution in [2.24, 2.45) is 0 Å². The number of nitrogens with one attached hydrogen (secondary N) is 1. The van der Waals surface area contributed by atoms with Gasteiger partial charge in [-0.1, -0.05) is 0 Å². The monoisotopic (exact) mass is 193 g/mol. The van der Waals surface area contributed by atoms with E-state index < -0.39 is 6.10 Å². The molecular weight excluding hydrogens is 174 g/mol. The van der Waals surface area contributed by atoms with Crippen molar-refractivity contribution in [3.8, 4) is 0 Å². The summed E-state index contributed by atoms with van der Waals surface area (Å²) in [7, 11) is 0. The van der Waals surface area contributed by atoms with Crippen LogP contribution < -0.4 is 5.32 Å². The first kappa shape index (κ1) is 12.2. The lowest BCUT2D eigenvalue weighted by Gasteiger charge is -2.15. The maximum Gasteiger partial charge on any atom is 0.0895 e. The summed E-state index contributed by atoms with van der Waals surface area (Å²) < 4.78 is 0. The van der Waals surface area contributed by atoms with Crippen molar-refractivity contribution < 1.29 is 10.2 Å². The van der Waals surface area contributed by atoms with E-state index in [9.17, 15) is 0 Å². The lowest BCUT2D eigenvalue weighted by atomic mass is 10.2. The quantitative estimate of drug-likeness (QED) is 0.535. The maximum absolute atomic E-state index is 9.01. The number of aliphatic hydroxyl groups is 2. The van der Waals surface area contributed by atoms with Gasteiger partial charge in [0.1, 0.15) is 0 Å². The lowest BCUT2D eigenvalue weighted by Crippen LogP contribution is -2.35. The Labute approximate surface area is 78.6 Å². The van der Waals surface area contributed by atoms with Crippen LogP contribution in [-0.4, -0.2) is 47.5 Å². The second-order valence-electron chi connectivity index (χ2n) is 2.93. The Balaban J connectivity index is 3.24. The second-order valence-corrected chi connectivity index (χ2v) is 3.91. The lowest BCUT2D eigenvalue weighted by molar-refractivity contribution is 0.0923. The van der Waals surface area contributed by atoms with Gasteiger partial charge in [-0.3, -0.25) is 0 Å². The Morgan fingerprint density at radius 3 is 2.67 bits per heavy atom. The summed E-state index contributed by atoms with van der Waals surface area (Å²) in [6.45, 7) is 2.40. The summed E-state index contributed by atoms with van der Waals surface area (Å²) in [6, 6.07) is 0.415. The largest absolute Gasteiger partial charge is 0.394 e. The number of hydrogen-bond acceptors (Lipinski definition) is 4. The molecule has 74 valence electrons. The van der Waals surface area contributed by atoms with Crippen molar-refractivity contribution in [2.75, 3.05) is 25.2 Å². The molecular formula is C8H19NO2S. The van der Waals surface area contributed by atoms with Crippen LogP contribution in [0.3, 0.4) is 0 Å². The van der Waals surface area contributed by atoms with Crippen LogP contribution in [0.1, 0.15) is 13.3 Å². The Kier molecular flexibility index (Phi) is 8.01. The molecule has 0 bridgehead atoms. The van der Waals surface area contributed by atoms with Crippen LogP contribution in [0.2, 0.25) is 0 Å². The van der Waals surface area contributed by atoms with Crippen LogP contribution in [0.15, 0.2) is 0 Å². The maximum atomic E-state index is 9.01. The Hall–Kier alpha value is 0.230. The van der Waals surface area contributed by atoms with Gasteiger partial charge >= 0.3 is 0 Å². The summed E-state index contributed by atoms with van der Waals surface area (Å²) >= 11 is 1.82. The minimum Gasteiger partial charge on any atom is -0.394 e. The number of thioether (sulfide) groups is 1. The predicted octanol–water partition coefficient (Wildman–Crippen LogP) is 0.0708. The zero-order chi connectivity index (χ0) is 9.40. The van der Waals surface area contributed by atoms with E-state index in [1.54, 1.807) is 0 Å². The van der Waals surface area contributed by atoms with Crippen molar-refractivity contribution in [1.82, 2.24) is 5.32 Å². The molecule has 0 aromatic rings. The SMILES string of the molecule is CSCCC(C)NC[C@H](O)CO. The van der Waals surface area contributed by atoms with Gasteiger partial charge in [0.05, 0.1) is 12.7 Å². The van der Waals surface area contributed by atoms with E-state index in [0.29, 0.717) is 12.6 Å². The molecule has 0 aromatic heterocycles. The van der Waals surface area contributed by atoms with Gasteiger partial charge in [-0.2, -0.15) is 11.8 Å². The van der Waals surface area contributed by atoms with Gasteiger partial charge in [-0.25, -0.2) is 0 Å². The molecule has 0 heterocycles. The fraction of sp³-hybridized carbons (Fsp3) is 1.00. The summed E-state index contributed by atoms with van der Waals surface area (Å²) in [5.41, 5.74) is 0. The molecule has 2 atom stereocenters. The summed E-state index contributed by atoms with van der Waals surface area (Å²) in [5.74, 6) is 1.13. The minimum absolute atomic E-state index is 0.164. The molecule has 0 fully saturated rings. The first-order chi connectivity index (χ1) is 5.70. The zero-order valence-corrected chi connectivity index (χ0v) is 8.60. The van der Waals surface area contributed by atoms with Gasteiger partial charge < -0.3 is 15.5 Å². The molecule has 0 saturated heterocycles. The molecule has 0 aliphatic rings. The van der Waals surface area contributed by atoms with Crippen molar-refractivity contribution in [3.05, 3.63) is 0 Å². The molecule has 0 aliphatic heterocycles. The first-order valence-corrected chi connectivity index (χ1v) is 5.61. The summed E-state index contributed by atoms with van der Waals surface area (Å²) in [6.07, 6.45) is 2.55. The third-order valence-electron chi connectivity index (χ3n) is 1.67. The van der Waals surface area contributed by atoms with Crippen LogP contribution in [0.25, 0.3) is 0 Å². The van der Waals surface area contributed by atoms with Gasteiger partial charge in [-0.05, 0) is 25.4 Å². The molecule has 0 aromatic carbocycles. The molecule has 0 spiro atoms. The number of aliphatic hydroxyl groups excluding tert-OH is 2. The average molecular weight is 193 g/mol. The third-order valence-corrected chi connectivity index (χ3v) is 2.31. The van der Waals surface area contributed by atoms with Gasteiger partial charge in [0.2, 0.25) is 0 Å². The van der Waals surface area contributed by atoms with E-state index in [2.05, 4.69) is 18.5 Å². The molecule has 4 heteroatoms. The standard InChI is InChI=1S/C8H19NO2S/c1-7(3-4-12-2)9-5-8(11)6-10/h7-11H,3-6H2,1-2H3/t7?,8-/m0/s1. The summed E-state index contributed by atoms with van der Waals surface area (Å²) in [5, 5.41) is 20.7. The molecule has 3 nitrogen and oxygen atoms in total. The van der Waals surface area contributed by atoms with Crippen LogP contribution in [0.5, 0.6) is 0 Å². The highest BCUT2D eigenvalue weighted by molar-refractivity contribution is 7.98. The second kappa shape index (κ2) is 7.86. The molecule has 0 radical (unpaired) electrons. The van der Waals surface area contributed by atoms with E-state index in [1.165, 1.54) is 0 Å². The van der Waals surface area contributed by atoms with Crippen LogP contribution in [0.4, 0.5) is 0 Å². The zero-order valence-electron chi connectivity index (χ0n) is 7.79. The molecule has 12 heavy (non-hydrogen) atoms. The van der Waals surface area contributed by atoms with Crippen molar-refractivity contribution in [2.45, 2.75) is 25.5 Å². The predicted molar refractivity (Wildman–Crippen MR) is 53.6 cm³/mol. The van der Waals surface area contributed by atoms with E-state index in [4.69, 9.17) is 10.2 Å². The van der Waals surface area contributed by atoms with E-state index in [0.717, 1.165) is 12.2 Å². The fourth-order valence-corrected chi connectivity index (χ4v) is 1.39. The van der Waals surface area contributed by atoms with Crippen molar-refractivity contribution in [3.63, 3.8) is 0 Å². The van der Waals surface area contributed by atoms with Gasteiger partial charge in [0.15, 0.2) is 0 Å². The molecule has 0 aliphatic carbocycles. The van der Waals surface area contributed by atoms with Crippen LogP contribution in [-0.2, 0) is 0 Å². The Morgan fingerprint density at radius 1 is 1.50 bits per heavy atom. The number of hydrogen-bond donors (Lipinski definition) is 3. The van der Waals surface area contributed by atoms with Gasteiger partial charge in [0.25, 0.3) is 0 Å². The molecule has 0 amide bonds. The van der Waals surface area contributed by atoms with Crippen LogP contribution >= 0.6 is 11.8 Å². The molecule has 3 N–H and O–H groups in total. The highest BCUT2D eigenvalue weighted by Crippen LogP contribution is 1.99. The highest BCUT2D eigenvalue weighted by Gasteiger charge is 2.04. The highest BCUT2D eigenvalue weighted by atomic mass is 32.2. The number of rotatable bonds is 7. The first-order valence-electron chi connectivity index (χ1n) is 4.22. The van der Waals surface area contributed by atoms with Crippen LogP contribution in [0, 0.1) is 0 Å². The minimum atomic E-state index is -0.623. The van der Waals surface area contributed by atoms with Crippen molar-refractivity contribution >= 4 is 11.8 Å². The molecule has 1 unspecified atom stereocenters. The average Bonchev–Trinajstić information content (AvgIpc) is 2.10. The molecule has 0 saturated carbocycles. The van der Waals surface area contributed by atoms with E-state index in [-0.39, 0.29) is 6.61 Å². The molecule has 0 rings (SSSR count). The summed E-state index contributed by atoms with van der Waals surface area (Å²) in [4.78, 5) is 0. The Morgan fingerprint density at radius 2 is 2.17 bits per heavy atom. The van der Waals surface area contributed by atoms with Gasteiger partial charge in [0, 0.05) is 12.6 Å². The topological polar surface area (TPSA) is 52.5 Å². The Bertz CT molecular complexity index is 103. The van der Waals surface area contributed by atoms with Gasteiger partial charge in [-0.15, -0.1) is 0 Å². The smallest absolute Gasteiger partial charge is 0.0895 e.